The molecule has 0 bridgehead atoms. The maximum Gasteiger partial charge on any atom is 0.255 e. The molecule has 1 aliphatic rings. The first kappa shape index (κ1) is 21.2. The van der Waals surface area contributed by atoms with Gasteiger partial charge in [0.2, 0.25) is 0 Å². The van der Waals surface area contributed by atoms with Crippen molar-refractivity contribution >= 4 is 21.5 Å². The molecule has 6 nitrogen and oxygen atoms in total. The fourth-order valence-electron chi connectivity index (χ4n) is 3.23. The second kappa shape index (κ2) is 9.33. The van der Waals surface area contributed by atoms with Crippen LogP contribution in [0, 0.1) is 6.92 Å². The highest BCUT2D eigenvalue weighted by Crippen LogP contribution is 2.20. The summed E-state index contributed by atoms with van der Waals surface area (Å²) in [5, 5.41) is 0. The molecule has 29 heavy (non-hydrogen) atoms. The van der Waals surface area contributed by atoms with Crippen LogP contribution in [0.25, 0.3) is 0 Å². The second-order valence-corrected chi connectivity index (χ2v) is 9.25. The van der Waals surface area contributed by atoms with Crippen molar-refractivity contribution in [3.8, 4) is 0 Å². The van der Waals surface area contributed by atoms with Gasteiger partial charge in [-0.25, -0.2) is 8.42 Å². The van der Waals surface area contributed by atoms with Crippen LogP contribution >= 0.6 is 0 Å². The van der Waals surface area contributed by atoms with Gasteiger partial charge in [-0.3, -0.25) is 9.59 Å². The molecule has 0 radical (unpaired) electrons. The Bertz CT molecular complexity index is 977. The standard InChI is InChI=1S/C22H25NO5S/c1-17-6-8-18(9-7-17)16-19(24)10-15-29(26,27)21-5-3-2-4-20(21)22(25)23-11-13-28-14-12-23/h2-9H,10-16H2,1H3. The Kier molecular flexibility index (Phi) is 6.82. The van der Waals surface area contributed by atoms with Gasteiger partial charge < -0.3 is 9.64 Å². The normalized spacial score (nSPS) is 14.6. The molecule has 0 aromatic heterocycles. The Labute approximate surface area is 171 Å². The molecule has 3 rings (SSSR count). The Morgan fingerprint density at radius 1 is 1.00 bits per heavy atom. The summed E-state index contributed by atoms with van der Waals surface area (Å²) in [6.07, 6.45) is 0.112. The van der Waals surface area contributed by atoms with Gasteiger partial charge in [-0.05, 0) is 24.6 Å². The van der Waals surface area contributed by atoms with Gasteiger partial charge in [0.05, 0.1) is 29.4 Å². The predicted octanol–water partition coefficient (Wildman–Crippen LogP) is 2.44. The average Bonchev–Trinajstić information content (AvgIpc) is 2.74. The van der Waals surface area contributed by atoms with E-state index in [0.29, 0.717) is 26.3 Å². The fourth-order valence-corrected chi connectivity index (χ4v) is 4.72. The molecule has 7 heteroatoms. The van der Waals surface area contributed by atoms with E-state index in [1.807, 2.05) is 31.2 Å². The van der Waals surface area contributed by atoms with Crippen molar-refractivity contribution in [2.75, 3.05) is 32.1 Å². The van der Waals surface area contributed by atoms with Crippen molar-refractivity contribution in [2.45, 2.75) is 24.7 Å². The van der Waals surface area contributed by atoms with E-state index >= 15 is 0 Å². The zero-order chi connectivity index (χ0) is 20.9. The van der Waals surface area contributed by atoms with Crippen LogP contribution in [0.2, 0.25) is 0 Å². The summed E-state index contributed by atoms with van der Waals surface area (Å²) < 4.78 is 31.0. The molecule has 1 amide bonds. The van der Waals surface area contributed by atoms with Gasteiger partial charge in [-0.1, -0.05) is 42.0 Å². The summed E-state index contributed by atoms with van der Waals surface area (Å²) in [7, 11) is -3.77. The van der Waals surface area contributed by atoms with Crippen LogP contribution < -0.4 is 0 Å². The topological polar surface area (TPSA) is 80.8 Å². The van der Waals surface area contributed by atoms with E-state index in [9.17, 15) is 18.0 Å². The SMILES string of the molecule is Cc1ccc(CC(=O)CCS(=O)(=O)c2ccccc2C(=O)N2CCOCC2)cc1. The van der Waals surface area contributed by atoms with Crippen molar-refractivity contribution in [2.24, 2.45) is 0 Å². The van der Waals surface area contributed by atoms with Gasteiger partial charge >= 0.3 is 0 Å². The Morgan fingerprint density at radius 3 is 2.34 bits per heavy atom. The molecule has 1 fully saturated rings. The zero-order valence-corrected chi connectivity index (χ0v) is 17.3. The van der Waals surface area contributed by atoms with E-state index < -0.39 is 9.84 Å². The number of ether oxygens (including phenoxy) is 1. The number of amides is 1. The Hall–Kier alpha value is -2.51. The van der Waals surface area contributed by atoms with Crippen molar-refractivity contribution in [1.29, 1.82) is 0 Å². The number of Topliss-reactive ketones (excluding diaryl/α,β-unsaturated/α-hetero) is 1. The quantitative estimate of drug-likeness (QED) is 0.694. The molecule has 0 unspecified atom stereocenters. The molecular weight excluding hydrogens is 390 g/mol. The number of carbonyl (C=O) groups is 2. The predicted molar refractivity (Wildman–Crippen MR) is 110 cm³/mol. The molecule has 2 aromatic rings. The Balaban J connectivity index is 1.69. The molecule has 1 saturated heterocycles. The van der Waals surface area contributed by atoms with E-state index in [2.05, 4.69) is 0 Å². The zero-order valence-electron chi connectivity index (χ0n) is 16.5. The molecule has 1 aliphatic heterocycles. The molecule has 0 saturated carbocycles. The third kappa shape index (κ3) is 5.52. The molecule has 0 aliphatic carbocycles. The lowest BCUT2D eigenvalue weighted by atomic mass is 10.1. The van der Waals surface area contributed by atoms with Crippen LogP contribution in [0.4, 0.5) is 0 Å². The molecule has 0 N–H and O–H groups in total. The molecule has 0 atom stereocenters. The summed E-state index contributed by atoms with van der Waals surface area (Å²) in [6, 6.07) is 13.8. The van der Waals surface area contributed by atoms with Gasteiger partial charge in [0.15, 0.2) is 9.84 Å². The van der Waals surface area contributed by atoms with Crippen molar-refractivity contribution < 1.29 is 22.7 Å². The van der Waals surface area contributed by atoms with Crippen LogP contribution in [0.1, 0.15) is 27.9 Å². The second-order valence-electron chi connectivity index (χ2n) is 7.17. The first-order valence-corrected chi connectivity index (χ1v) is 11.3. The maximum atomic E-state index is 12.9. The lowest BCUT2D eigenvalue weighted by molar-refractivity contribution is -0.118. The lowest BCUT2D eigenvalue weighted by Gasteiger charge is -2.27. The minimum Gasteiger partial charge on any atom is -0.378 e. The van der Waals surface area contributed by atoms with Gasteiger partial charge in [0.1, 0.15) is 5.78 Å². The Morgan fingerprint density at radius 2 is 1.66 bits per heavy atom. The van der Waals surface area contributed by atoms with Crippen LogP contribution in [-0.2, 0) is 25.8 Å². The van der Waals surface area contributed by atoms with E-state index in [-0.39, 0.29) is 40.7 Å². The number of hydrogen-bond donors (Lipinski definition) is 0. The fraction of sp³-hybridized carbons (Fsp3) is 0.364. The van der Waals surface area contributed by atoms with Gasteiger partial charge in [-0.15, -0.1) is 0 Å². The third-order valence-corrected chi connectivity index (χ3v) is 6.69. The molecule has 1 heterocycles. The van der Waals surface area contributed by atoms with Gasteiger partial charge in [-0.2, -0.15) is 0 Å². The summed E-state index contributed by atoms with van der Waals surface area (Å²) in [4.78, 5) is 26.7. The first-order valence-electron chi connectivity index (χ1n) is 9.63. The first-order chi connectivity index (χ1) is 13.9. The van der Waals surface area contributed by atoms with E-state index in [0.717, 1.165) is 11.1 Å². The lowest BCUT2D eigenvalue weighted by Crippen LogP contribution is -2.41. The summed E-state index contributed by atoms with van der Waals surface area (Å²) in [5.74, 6) is -0.779. The number of aryl methyl sites for hydroxylation is 1. The molecule has 0 spiro atoms. The number of carbonyl (C=O) groups excluding carboxylic acids is 2. The number of hydrogen-bond acceptors (Lipinski definition) is 5. The number of benzene rings is 2. The monoisotopic (exact) mass is 415 g/mol. The summed E-state index contributed by atoms with van der Waals surface area (Å²) >= 11 is 0. The average molecular weight is 416 g/mol. The summed E-state index contributed by atoms with van der Waals surface area (Å²) in [5.41, 5.74) is 2.12. The van der Waals surface area contributed by atoms with Crippen molar-refractivity contribution in [1.82, 2.24) is 4.90 Å². The highest BCUT2D eigenvalue weighted by atomic mass is 32.2. The molecule has 2 aromatic carbocycles. The number of sulfone groups is 1. The van der Waals surface area contributed by atoms with Crippen molar-refractivity contribution in [3.63, 3.8) is 0 Å². The number of morpholine rings is 1. The van der Waals surface area contributed by atoms with E-state index in [4.69, 9.17) is 4.74 Å². The van der Waals surface area contributed by atoms with E-state index in [1.54, 1.807) is 17.0 Å². The van der Waals surface area contributed by atoms with Crippen molar-refractivity contribution in [3.05, 3.63) is 65.2 Å². The molecule has 154 valence electrons. The summed E-state index contributed by atoms with van der Waals surface area (Å²) in [6.45, 7) is 3.71. The minimum atomic E-state index is -3.77. The van der Waals surface area contributed by atoms with Crippen LogP contribution in [0.15, 0.2) is 53.4 Å². The van der Waals surface area contributed by atoms with Crippen LogP contribution in [0.3, 0.4) is 0 Å². The molecular formula is C22H25NO5S. The number of rotatable bonds is 7. The largest absolute Gasteiger partial charge is 0.378 e. The van der Waals surface area contributed by atoms with Crippen LogP contribution in [0.5, 0.6) is 0 Å². The number of nitrogens with zero attached hydrogens (tertiary/aromatic N) is 1. The van der Waals surface area contributed by atoms with Crippen LogP contribution in [-0.4, -0.2) is 57.1 Å². The van der Waals surface area contributed by atoms with Gasteiger partial charge in [0.25, 0.3) is 5.91 Å². The van der Waals surface area contributed by atoms with E-state index in [1.165, 1.54) is 12.1 Å². The highest BCUT2D eigenvalue weighted by Gasteiger charge is 2.26. The maximum absolute atomic E-state index is 12.9. The number of ketones is 1. The smallest absolute Gasteiger partial charge is 0.255 e. The third-order valence-electron chi connectivity index (χ3n) is 4.92. The highest BCUT2D eigenvalue weighted by molar-refractivity contribution is 7.91. The van der Waals surface area contributed by atoms with Gasteiger partial charge in [0, 0.05) is 25.9 Å². The minimum absolute atomic E-state index is 0.0142.